The van der Waals surface area contributed by atoms with Gasteiger partial charge < -0.3 is 9.88 Å². The molecule has 2 heterocycles. The molecule has 2 aromatic carbocycles. The number of amides is 1. The van der Waals surface area contributed by atoms with Gasteiger partial charge in [0.05, 0.1) is 0 Å². The van der Waals surface area contributed by atoms with E-state index in [9.17, 15) is 9.59 Å². The van der Waals surface area contributed by atoms with Crippen LogP contribution in [0.4, 0.5) is 5.69 Å². The van der Waals surface area contributed by atoms with Crippen LogP contribution in [0.1, 0.15) is 39.2 Å². The van der Waals surface area contributed by atoms with Crippen molar-refractivity contribution in [3.05, 3.63) is 88.9 Å². The number of nitrogens with one attached hydrogen (secondary N) is 1. The molecule has 0 atom stereocenters. The van der Waals surface area contributed by atoms with Gasteiger partial charge in [-0.1, -0.05) is 31.2 Å². The highest BCUT2D eigenvalue weighted by Crippen LogP contribution is 2.25. The van der Waals surface area contributed by atoms with E-state index in [1.807, 2.05) is 12.1 Å². The molecule has 0 spiro atoms. The molecule has 1 amide bonds. The maximum atomic E-state index is 12.6. The molecule has 0 aliphatic heterocycles. The SMILES string of the molecule is CCc1ccc(-c2nc(C(=O)Nc3ccc(C(=O)c4nccn4C)cc3)cs2)cc1. The summed E-state index contributed by atoms with van der Waals surface area (Å²) >= 11 is 1.44. The number of thiazole rings is 1. The van der Waals surface area contributed by atoms with Gasteiger partial charge in [-0.2, -0.15) is 0 Å². The number of aryl methyl sites for hydroxylation is 2. The highest BCUT2D eigenvalue weighted by molar-refractivity contribution is 7.13. The van der Waals surface area contributed by atoms with E-state index in [-0.39, 0.29) is 11.7 Å². The van der Waals surface area contributed by atoms with E-state index in [1.165, 1.54) is 16.9 Å². The molecular formula is C23H20N4O2S. The summed E-state index contributed by atoms with van der Waals surface area (Å²) in [6.07, 6.45) is 4.29. The van der Waals surface area contributed by atoms with Crippen molar-refractivity contribution >= 4 is 28.7 Å². The molecule has 7 heteroatoms. The maximum Gasteiger partial charge on any atom is 0.275 e. The average molecular weight is 417 g/mol. The van der Waals surface area contributed by atoms with E-state index in [0.29, 0.717) is 22.8 Å². The van der Waals surface area contributed by atoms with Crippen LogP contribution in [0.5, 0.6) is 0 Å². The van der Waals surface area contributed by atoms with Gasteiger partial charge in [-0.15, -0.1) is 11.3 Å². The molecule has 0 aliphatic rings. The lowest BCUT2D eigenvalue weighted by molar-refractivity contribution is 0.101. The first-order valence-electron chi connectivity index (χ1n) is 9.53. The lowest BCUT2D eigenvalue weighted by atomic mass is 10.1. The normalized spacial score (nSPS) is 10.7. The first-order chi connectivity index (χ1) is 14.5. The van der Waals surface area contributed by atoms with Crippen molar-refractivity contribution in [3.63, 3.8) is 0 Å². The van der Waals surface area contributed by atoms with Crippen LogP contribution < -0.4 is 5.32 Å². The van der Waals surface area contributed by atoms with Crippen molar-refractivity contribution in [2.45, 2.75) is 13.3 Å². The average Bonchev–Trinajstić information content (AvgIpc) is 3.43. The summed E-state index contributed by atoms with van der Waals surface area (Å²) in [4.78, 5) is 33.6. The van der Waals surface area contributed by atoms with Crippen molar-refractivity contribution in [1.82, 2.24) is 14.5 Å². The molecule has 150 valence electrons. The Labute approximate surface area is 178 Å². The minimum Gasteiger partial charge on any atom is -0.331 e. The first-order valence-corrected chi connectivity index (χ1v) is 10.4. The Balaban J connectivity index is 1.44. The molecule has 1 N–H and O–H groups in total. The van der Waals surface area contributed by atoms with Gasteiger partial charge in [0.25, 0.3) is 5.91 Å². The third kappa shape index (κ3) is 4.06. The number of hydrogen-bond donors (Lipinski definition) is 1. The molecule has 6 nitrogen and oxygen atoms in total. The Morgan fingerprint density at radius 2 is 1.80 bits per heavy atom. The predicted octanol–water partition coefficient (Wildman–Crippen LogP) is 4.59. The number of nitrogens with zero attached hydrogens (tertiary/aromatic N) is 3. The van der Waals surface area contributed by atoms with Crippen LogP contribution in [0.2, 0.25) is 0 Å². The Morgan fingerprint density at radius 1 is 1.07 bits per heavy atom. The molecule has 0 fully saturated rings. The van der Waals surface area contributed by atoms with Crippen molar-refractivity contribution in [3.8, 4) is 10.6 Å². The van der Waals surface area contributed by atoms with E-state index in [2.05, 4.69) is 34.3 Å². The Kier molecular flexibility index (Phi) is 5.54. The standard InChI is InChI=1S/C23H20N4O2S/c1-3-15-4-6-17(7-5-15)23-26-19(14-30-23)22(29)25-18-10-8-16(9-11-18)20(28)21-24-12-13-27(21)2/h4-14H,3H2,1-2H3,(H,25,29). The van der Waals surface area contributed by atoms with Crippen LogP contribution in [0.25, 0.3) is 10.6 Å². The zero-order valence-electron chi connectivity index (χ0n) is 16.6. The topological polar surface area (TPSA) is 76.9 Å². The van der Waals surface area contributed by atoms with Gasteiger partial charge in [0, 0.05) is 41.6 Å². The van der Waals surface area contributed by atoms with Gasteiger partial charge in [0.15, 0.2) is 5.82 Å². The third-order valence-electron chi connectivity index (χ3n) is 4.78. The van der Waals surface area contributed by atoms with Gasteiger partial charge in [0.2, 0.25) is 5.78 Å². The fourth-order valence-corrected chi connectivity index (χ4v) is 3.81. The maximum absolute atomic E-state index is 12.6. The highest BCUT2D eigenvalue weighted by atomic mass is 32.1. The van der Waals surface area contributed by atoms with Gasteiger partial charge in [0.1, 0.15) is 10.7 Å². The van der Waals surface area contributed by atoms with Crippen molar-refractivity contribution < 1.29 is 9.59 Å². The lowest BCUT2D eigenvalue weighted by Gasteiger charge is -2.05. The monoisotopic (exact) mass is 416 g/mol. The molecule has 2 aromatic heterocycles. The molecule has 0 saturated heterocycles. The molecule has 0 radical (unpaired) electrons. The summed E-state index contributed by atoms with van der Waals surface area (Å²) in [6.45, 7) is 2.11. The van der Waals surface area contributed by atoms with Gasteiger partial charge in [-0.3, -0.25) is 9.59 Å². The second-order valence-electron chi connectivity index (χ2n) is 6.81. The number of carbonyl (C=O) groups is 2. The van der Waals surface area contributed by atoms with Crippen LogP contribution >= 0.6 is 11.3 Å². The fourth-order valence-electron chi connectivity index (χ4n) is 3.01. The molecule has 0 bridgehead atoms. The molecule has 0 aliphatic carbocycles. The largest absolute Gasteiger partial charge is 0.331 e. The molecular weight excluding hydrogens is 396 g/mol. The number of hydrogen-bond acceptors (Lipinski definition) is 5. The number of anilines is 1. The first kappa shape index (κ1) is 19.7. The summed E-state index contributed by atoms with van der Waals surface area (Å²) in [5.74, 6) is -0.0850. The molecule has 0 unspecified atom stereocenters. The quantitative estimate of drug-likeness (QED) is 0.467. The van der Waals surface area contributed by atoms with Crippen LogP contribution in [-0.2, 0) is 13.5 Å². The minimum atomic E-state index is -0.286. The fraction of sp³-hybridized carbons (Fsp3) is 0.130. The van der Waals surface area contributed by atoms with Gasteiger partial charge in [-0.05, 0) is 36.2 Å². The molecule has 30 heavy (non-hydrogen) atoms. The summed E-state index contributed by atoms with van der Waals surface area (Å²) in [5.41, 5.74) is 3.72. The Bertz CT molecular complexity index is 1190. The van der Waals surface area contributed by atoms with E-state index < -0.39 is 0 Å². The van der Waals surface area contributed by atoms with Crippen molar-refractivity contribution in [1.29, 1.82) is 0 Å². The molecule has 0 saturated carbocycles. The highest BCUT2D eigenvalue weighted by Gasteiger charge is 2.15. The van der Waals surface area contributed by atoms with Crippen LogP contribution in [0, 0.1) is 0 Å². The van der Waals surface area contributed by atoms with Crippen LogP contribution in [0.3, 0.4) is 0 Å². The predicted molar refractivity (Wildman–Crippen MR) is 118 cm³/mol. The summed E-state index contributed by atoms with van der Waals surface area (Å²) in [6, 6.07) is 14.9. The second kappa shape index (κ2) is 8.42. The van der Waals surface area contributed by atoms with E-state index >= 15 is 0 Å². The van der Waals surface area contributed by atoms with Crippen molar-refractivity contribution in [2.24, 2.45) is 7.05 Å². The zero-order chi connectivity index (χ0) is 21.1. The number of imidazole rings is 1. The van der Waals surface area contributed by atoms with E-state index in [0.717, 1.165) is 17.0 Å². The number of ketones is 1. The Hall–Kier alpha value is -3.58. The molecule has 4 aromatic rings. The van der Waals surface area contributed by atoms with Gasteiger partial charge in [-0.25, -0.2) is 9.97 Å². The number of carbonyl (C=O) groups excluding carboxylic acids is 2. The number of benzene rings is 2. The van der Waals surface area contributed by atoms with Crippen LogP contribution in [0.15, 0.2) is 66.3 Å². The minimum absolute atomic E-state index is 0.168. The van der Waals surface area contributed by atoms with Crippen molar-refractivity contribution in [2.75, 3.05) is 5.32 Å². The number of aromatic nitrogens is 3. The lowest BCUT2D eigenvalue weighted by Crippen LogP contribution is -2.13. The Morgan fingerprint density at radius 3 is 2.43 bits per heavy atom. The van der Waals surface area contributed by atoms with E-state index in [4.69, 9.17) is 0 Å². The summed E-state index contributed by atoms with van der Waals surface area (Å²) in [7, 11) is 1.77. The number of rotatable bonds is 6. The zero-order valence-corrected chi connectivity index (χ0v) is 17.4. The molecule has 4 rings (SSSR count). The van der Waals surface area contributed by atoms with Crippen LogP contribution in [-0.4, -0.2) is 26.2 Å². The summed E-state index contributed by atoms with van der Waals surface area (Å²) in [5, 5.41) is 5.38. The third-order valence-corrected chi connectivity index (χ3v) is 5.67. The smallest absolute Gasteiger partial charge is 0.275 e. The second-order valence-corrected chi connectivity index (χ2v) is 7.67. The van der Waals surface area contributed by atoms with E-state index in [1.54, 1.807) is 53.7 Å². The van der Waals surface area contributed by atoms with Gasteiger partial charge >= 0.3 is 0 Å². The summed E-state index contributed by atoms with van der Waals surface area (Å²) < 4.78 is 1.67.